The summed E-state index contributed by atoms with van der Waals surface area (Å²) in [6.07, 6.45) is 3.09. The largest absolute Gasteiger partial charge is 0.518 e. The standard InChI is InChI=1S/C36H59N4O12P/c1-10-12-13-14-29(41)40(23-51-53(46,47-8)48-9)28(19-25-15-17-26(18-16-25)49-20-27-21-50-34(45)52-27)31(42)38-30(24(3)11-2)32(43)39-36(6,7)22-35(4,5)33(37)44/h15-18,21,24,28,30,33,44H,10-14,19-20,22-23,37H2,1-9H3,(H,38,42)(H,39,43). The molecule has 3 amide bonds. The summed E-state index contributed by atoms with van der Waals surface area (Å²) in [7, 11) is -1.80. The molecule has 16 nitrogen and oxygen atoms in total. The van der Waals surface area contributed by atoms with Crippen molar-refractivity contribution in [1.29, 1.82) is 0 Å². The van der Waals surface area contributed by atoms with E-state index >= 15 is 0 Å². The highest BCUT2D eigenvalue weighted by Gasteiger charge is 2.39. The zero-order valence-corrected chi connectivity index (χ0v) is 33.4. The van der Waals surface area contributed by atoms with E-state index in [1.54, 1.807) is 38.1 Å². The number of carbonyl (C=O) groups excluding carboxylic acids is 3. The van der Waals surface area contributed by atoms with Crippen LogP contribution in [0, 0.1) is 11.3 Å². The number of nitrogens with one attached hydrogen (secondary N) is 2. The first-order valence-corrected chi connectivity index (χ1v) is 19.3. The fourth-order valence-electron chi connectivity index (χ4n) is 5.75. The number of nitrogens with two attached hydrogens (primary N) is 1. The lowest BCUT2D eigenvalue weighted by Crippen LogP contribution is -2.60. The third-order valence-electron chi connectivity index (χ3n) is 8.98. The minimum atomic E-state index is -4.08. The van der Waals surface area contributed by atoms with Crippen LogP contribution in [0.5, 0.6) is 5.75 Å². The van der Waals surface area contributed by atoms with E-state index in [2.05, 4.69) is 15.1 Å². The van der Waals surface area contributed by atoms with E-state index in [4.69, 9.17) is 28.5 Å². The summed E-state index contributed by atoms with van der Waals surface area (Å²) in [5.41, 5.74) is 4.87. The lowest BCUT2D eigenvalue weighted by molar-refractivity contribution is -0.145. The number of hydrogen-bond acceptors (Lipinski definition) is 13. The van der Waals surface area contributed by atoms with E-state index in [1.165, 1.54) is 4.90 Å². The molecule has 0 aliphatic carbocycles. The molecule has 0 spiro atoms. The maximum atomic E-state index is 14.4. The van der Waals surface area contributed by atoms with Gasteiger partial charge in [0.1, 0.15) is 43.7 Å². The number of phosphoric ester groups is 1. The number of aliphatic hydroxyl groups excluding tert-OH is 1. The SMILES string of the molecule is CCCCCC(=O)N(COP(=O)(OC)OC)C(Cc1ccc(OCc2coc(=O)o2)cc1)C(=O)NC(C(=O)NC(C)(C)CC(C)(C)C(N)O)C(C)CC. The van der Waals surface area contributed by atoms with Gasteiger partial charge in [0, 0.05) is 38.0 Å². The quantitative estimate of drug-likeness (QED) is 0.0651. The Balaban J connectivity index is 2.50. The van der Waals surface area contributed by atoms with Crippen LogP contribution in [0.2, 0.25) is 0 Å². The molecular formula is C36H59N4O12P. The van der Waals surface area contributed by atoms with Crippen LogP contribution >= 0.6 is 7.82 Å². The van der Waals surface area contributed by atoms with Crippen LogP contribution in [0.25, 0.3) is 0 Å². The van der Waals surface area contributed by atoms with E-state index in [0.717, 1.165) is 33.3 Å². The molecule has 4 unspecified atom stereocenters. The minimum absolute atomic E-state index is 0.0290. The molecule has 0 saturated carbocycles. The van der Waals surface area contributed by atoms with Crippen molar-refractivity contribution in [2.45, 2.75) is 124 Å². The smallest absolute Gasteiger partial charge is 0.486 e. The van der Waals surface area contributed by atoms with Crippen molar-refractivity contribution in [2.75, 3.05) is 21.0 Å². The summed E-state index contributed by atoms with van der Waals surface area (Å²) >= 11 is 0. The molecule has 4 atom stereocenters. The molecular weight excluding hydrogens is 711 g/mol. The van der Waals surface area contributed by atoms with Gasteiger partial charge in [-0.25, -0.2) is 9.36 Å². The molecule has 53 heavy (non-hydrogen) atoms. The van der Waals surface area contributed by atoms with Crippen LogP contribution in [-0.2, 0) is 45.5 Å². The average Bonchev–Trinajstić information content (AvgIpc) is 3.53. The summed E-state index contributed by atoms with van der Waals surface area (Å²) in [5, 5.41) is 16.0. The fraction of sp³-hybridized carbons (Fsp3) is 0.667. The Bertz CT molecular complexity index is 1550. The average molecular weight is 771 g/mol. The second-order valence-electron chi connectivity index (χ2n) is 14.5. The van der Waals surface area contributed by atoms with Gasteiger partial charge in [0.15, 0.2) is 5.76 Å². The summed E-state index contributed by atoms with van der Waals surface area (Å²) in [4.78, 5) is 54.6. The van der Waals surface area contributed by atoms with Crippen LogP contribution in [0.1, 0.15) is 98.3 Å². The number of carbonyl (C=O) groups is 3. The Labute approximate surface area is 312 Å². The summed E-state index contributed by atoms with van der Waals surface area (Å²) in [6, 6.07) is 4.44. The molecule has 0 aliphatic heterocycles. The van der Waals surface area contributed by atoms with E-state index in [9.17, 15) is 28.8 Å². The summed E-state index contributed by atoms with van der Waals surface area (Å²) in [5.74, 6) is -2.08. The number of rotatable bonds is 24. The van der Waals surface area contributed by atoms with E-state index in [0.29, 0.717) is 30.6 Å². The normalized spacial score (nSPS) is 14.5. The number of nitrogens with zero attached hydrogens (tertiary/aromatic N) is 1. The highest BCUT2D eigenvalue weighted by atomic mass is 31.2. The predicted octanol–water partition coefficient (Wildman–Crippen LogP) is 4.63. The van der Waals surface area contributed by atoms with Gasteiger partial charge in [-0.3, -0.25) is 28.0 Å². The number of phosphoric acid groups is 1. The van der Waals surface area contributed by atoms with Crippen molar-refractivity contribution >= 4 is 25.5 Å². The topological polar surface area (TPSA) is 222 Å². The molecule has 0 aliphatic rings. The molecule has 2 rings (SSSR count). The fourth-order valence-corrected chi connectivity index (χ4v) is 6.37. The third-order valence-corrected chi connectivity index (χ3v) is 10.3. The van der Waals surface area contributed by atoms with Crippen LogP contribution in [0.4, 0.5) is 0 Å². The zero-order valence-electron chi connectivity index (χ0n) is 32.5. The van der Waals surface area contributed by atoms with E-state index in [1.807, 2.05) is 34.6 Å². The molecule has 1 heterocycles. The molecule has 0 fully saturated rings. The lowest BCUT2D eigenvalue weighted by atomic mass is 9.78. The molecule has 1 aromatic heterocycles. The highest BCUT2D eigenvalue weighted by Crippen LogP contribution is 2.47. The first-order chi connectivity index (χ1) is 24.8. The van der Waals surface area contributed by atoms with E-state index < -0.39 is 67.4 Å². The highest BCUT2D eigenvalue weighted by molar-refractivity contribution is 7.48. The van der Waals surface area contributed by atoms with Gasteiger partial charge >= 0.3 is 13.6 Å². The molecule has 0 bridgehead atoms. The van der Waals surface area contributed by atoms with Gasteiger partial charge in [-0.2, -0.15) is 0 Å². The Hall–Kier alpha value is -3.53. The van der Waals surface area contributed by atoms with Gasteiger partial charge < -0.3 is 39.9 Å². The van der Waals surface area contributed by atoms with Crippen molar-refractivity contribution in [3.63, 3.8) is 0 Å². The first-order valence-electron chi connectivity index (χ1n) is 17.8. The number of benzene rings is 1. The Morgan fingerprint density at radius 3 is 2.21 bits per heavy atom. The molecule has 17 heteroatoms. The molecule has 1 aromatic carbocycles. The van der Waals surface area contributed by atoms with Gasteiger partial charge in [-0.15, -0.1) is 0 Å². The number of hydrogen-bond donors (Lipinski definition) is 4. The van der Waals surface area contributed by atoms with Gasteiger partial charge in [0.2, 0.25) is 17.7 Å². The number of unbranched alkanes of at least 4 members (excludes halogenated alkanes) is 2. The summed E-state index contributed by atoms with van der Waals surface area (Å²) < 4.78 is 43.5. The van der Waals surface area contributed by atoms with Crippen LogP contribution in [0.15, 0.2) is 44.2 Å². The van der Waals surface area contributed by atoms with Crippen molar-refractivity contribution in [3.8, 4) is 5.75 Å². The van der Waals surface area contributed by atoms with Gasteiger partial charge in [0.05, 0.1) is 0 Å². The molecule has 5 N–H and O–H groups in total. The Morgan fingerprint density at radius 1 is 1.04 bits per heavy atom. The molecule has 2 aromatic rings. The Kier molecular flexibility index (Phi) is 17.9. The first kappa shape index (κ1) is 45.6. The molecule has 300 valence electrons. The van der Waals surface area contributed by atoms with Gasteiger partial charge in [-0.1, -0.05) is 66.0 Å². The lowest BCUT2D eigenvalue weighted by Gasteiger charge is -2.39. The van der Waals surface area contributed by atoms with Crippen LogP contribution < -0.4 is 26.9 Å². The number of amides is 3. The van der Waals surface area contributed by atoms with Crippen LogP contribution in [-0.4, -0.2) is 72.5 Å². The second-order valence-corrected chi connectivity index (χ2v) is 16.3. The molecule has 0 saturated heterocycles. The maximum Gasteiger partial charge on any atom is 0.518 e. The van der Waals surface area contributed by atoms with Crippen LogP contribution in [0.3, 0.4) is 0 Å². The van der Waals surface area contributed by atoms with Gasteiger partial charge in [-0.05, 0) is 50.3 Å². The Morgan fingerprint density at radius 2 is 1.68 bits per heavy atom. The number of ether oxygens (including phenoxy) is 1. The van der Waals surface area contributed by atoms with Gasteiger partial charge in [0.25, 0.3) is 0 Å². The maximum absolute atomic E-state index is 14.4. The monoisotopic (exact) mass is 770 g/mol. The second kappa shape index (κ2) is 20.8. The number of aliphatic hydroxyl groups is 1. The van der Waals surface area contributed by atoms with Crippen molar-refractivity contribution < 1.29 is 51.2 Å². The molecule has 0 radical (unpaired) electrons. The predicted molar refractivity (Wildman–Crippen MR) is 196 cm³/mol. The third kappa shape index (κ3) is 14.7. The minimum Gasteiger partial charge on any atom is -0.486 e. The summed E-state index contributed by atoms with van der Waals surface area (Å²) in [6.45, 7) is 12.2. The van der Waals surface area contributed by atoms with Crippen molar-refractivity contribution in [2.24, 2.45) is 17.1 Å². The van der Waals surface area contributed by atoms with E-state index in [-0.39, 0.29) is 31.1 Å². The zero-order chi connectivity index (χ0) is 40.0. The van der Waals surface area contributed by atoms with Crippen molar-refractivity contribution in [3.05, 3.63) is 52.5 Å². The van der Waals surface area contributed by atoms with Crippen molar-refractivity contribution in [1.82, 2.24) is 15.5 Å².